The van der Waals surface area contributed by atoms with Crippen LogP contribution in [0.3, 0.4) is 0 Å². The van der Waals surface area contributed by atoms with Crippen molar-refractivity contribution in [3.05, 3.63) is 0 Å². The molecule has 2 atom stereocenters. The molecule has 66 valence electrons. The molecule has 3 heteroatoms. The molecule has 0 aliphatic carbocycles. The number of ketones is 1. The summed E-state index contributed by atoms with van der Waals surface area (Å²) in [5.41, 5.74) is 0. The Labute approximate surface area is 71.3 Å². The van der Waals surface area contributed by atoms with Crippen LogP contribution in [0, 0.1) is 5.92 Å². The van der Waals surface area contributed by atoms with Crippen LogP contribution in [-0.4, -0.2) is 17.6 Å². The molecule has 0 aromatic rings. The first kappa shape index (κ1) is 11.1. The van der Waals surface area contributed by atoms with Gasteiger partial charge in [0, 0.05) is 12.0 Å². The molecule has 0 bridgehead atoms. The molecule has 0 amide bonds. The quantitative estimate of drug-likeness (QED) is 0.654. The maximum Gasteiger partial charge on any atom is 0.156 e. The number of Topliss-reactive ketones (excluding diaryl/α,β-unsaturated/α-hetero) is 1. The topological polar surface area (TPSA) is 29.1 Å². The molecule has 0 aliphatic rings. The van der Waals surface area contributed by atoms with E-state index in [0.29, 0.717) is 6.04 Å². The Balaban J connectivity index is 3.83. The Hall–Kier alpha value is 0.0600. The molecule has 0 saturated carbocycles. The predicted molar refractivity (Wildman–Crippen MR) is 51.6 cm³/mol. The van der Waals surface area contributed by atoms with Crippen LogP contribution < -0.4 is 5.32 Å². The standard InChI is InChI=1S/C8H18NOP/c1-5(2)7(10)8(11)9-6(3)4/h5-6,8-9H,11H2,1-4H3. The van der Waals surface area contributed by atoms with Crippen LogP contribution in [0.5, 0.6) is 0 Å². The summed E-state index contributed by atoms with van der Waals surface area (Å²) in [6, 6.07) is 0.361. The second kappa shape index (κ2) is 4.84. The van der Waals surface area contributed by atoms with Crippen molar-refractivity contribution in [2.24, 2.45) is 5.92 Å². The first-order valence-corrected chi connectivity index (χ1v) is 4.67. The van der Waals surface area contributed by atoms with Gasteiger partial charge in [0.2, 0.25) is 0 Å². The first-order valence-electron chi connectivity index (χ1n) is 4.00. The van der Waals surface area contributed by atoms with Crippen molar-refractivity contribution in [1.82, 2.24) is 5.32 Å². The number of hydrogen-bond donors (Lipinski definition) is 1. The highest BCUT2D eigenvalue weighted by Gasteiger charge is 2.16. The van der Waals surface area contributed by atoms with Crippen LogP contribution in [0.25, 0.3) is 0 Å². The van der Waals surface area contributed by atoms with Gasteiger partial charge in [0.25, 0.3) is 0 Å². The zero-order valence-electron chi connectivity index (χ0n) is 7.72. The maximum absolute atomic E-state index is 11.3. The number of rotatable bonds is 4. The fraction of sp³-hybridized carbons (Fsp3) is 0.875. The zero-order valence-corrected chi connectivity index (χ0v) is 8.87. The summed E-state index contributed by atoms with van der Waals surface area (Å²) in [5, 5.41) is 3.14. The van der Waals surface area contributed by atoms with Gasteiger partial charge in [-0.25, -0.2) is 0 Å². The van der Waals surface area contributed by atoms with Crippen LogP contribution >= 0.6 is 9.24 Å². The molecule has 2 unspecified atom stereocenters. The summed E-state index contributed by atoms with van der Waals surface area (Å²) < 4.78 is 0. The van der Waals surface area contributed by atoms with Crippen molar-refractivity contribution in [3.63, 3.8) is 0 Å². The van der Waals surface area contributed by atoms with E-state index in [2.05, 4.69) is 14.6 Å². The monoisotopic (exact) mass is 175 g/mol. The normalized spacial score (nSPS) is 14.1. The maximum atomic E-state index is 11.3. The molecule has 0 spiro atoms. The molecule has 0 heterocycles. The summed E-state index contributed by atoms with van der Waals surface area (Å²) in [6.45, 7) is 7.90. The molecule has 0 radical (unpaired) electrons. The number of carbonyl (C=O) groups excluding carboxylic acids is 1. The van der Waals surface area contributed by atoms with Gasteiger partial charge in [0.1, 0.15) is 0 Å². The van der Waals surface area contributed by atoms with Crippen molar-refractivity contribution < 1.29 is 4.79 Å². The van der Waals surface area contributed by atoms with Crippen LogP contribution in [0.4, 0.5) is 0 Å². The SMILES string of the molecule is CC(C)NC(P)C(=O)C(C)C. The third-order valence-corrected chi connectivity index (χ3v) is 1.91. The number of nitrogens with one attached hydrogen (secondary N) is 1. The second-order valence-corrected chi connectivity index (χ2v) is 4.02. The highest BCUT2D eigenvalue weighted by Crippen LogP contribution is 2.06. The summed E-state index contributed by atoms with van der Waals surface area (Å²) in [4.78, 5) is 11.3. The molecular weight excluding hydrogens is 157 g/mol. The summed E-state index contributed by atoms with van der Waals surface area (Å²) in [5.74, 6) is 0.280. The lowest BCUT2D eigenvalue weighted by Crippen LogP contribution is -2.38. The van der Waals surface area contributed by atoms with Crippen LogP contribution in [0.2, 0.25) is 0 Å². The average molecular weight is 175 g/mol. The molecule has 0 aliphatic heterocycles. The number of hydrogen-bond acceptors (Lipinski definition) is 2. The minimum absolute atomic E-state index is 0.0880. The largest absolute Gasteiger partial charge is 0.302 e. The first-order chi connectivity index (χ1) is 4.95. The van der Waals surface area contributed by atoms with E-state index < -0.39 is 0 Å². The molecule has 0 saturated heterocycles. The fourth-order valence-electron chi connectivity index (χ4n) is 0.800. The van der Waals surface area contributed by atoms with Crippen LogP contribution in [-0.2, 0) is 4.79 Å². The Bertz CT molecular complexity index is 134. The van der Waals surface area contributed by atoms with Crippen molar-refractivity contribution in [2.75, 3.05) is 0 Å². The van der Waals surface area contributed by atoms with E-state index in [1.165, 1.54) is 0 Å². The van der Waals surface area contributed by atoms with E-state index in [-0.39, 0.29) is 17.5 Å². The van der Waals surface area contributed by atoms with Gasteiger partial charge in [-0.05, 0) is 13.8 Å². The summed E-state index contributed by atoms with van der Waals surface area (Å²) in [7, 11) is 2.53. The Kier molecular flexibility index (Phi) is 4.87. The van der Waals surface area contributed by atoms with Crippen molar-refractivity contribution in [2.45, 2.75) is 39.5 Å². The minimum Gasteiger partial charge on any atom is -0.302 e. The molecule has 1 N–H and O–H groups in total. The van der Waals surface area contributed by atoms with Gasteiger partial charge in [-0.2, -0.15) is 0 Å². The molecular formula is C8H18NOP. The Morgan fingerprint density at radius 2 is 1.73 bits per heavy atom. The van der Waals surface area contributed by atoms with Gasteiger partial charge < -0.3 is 5.32 Å². The van der Waals surface area contributed by atoms with Crippen molar-refractivity contribution in [3.8, 4) is 0 Å². The van der Waals surface area contributed by atoms with E-state index in [0.717, 1.165) is 0 Å². The van der Waals surface area contributed by atoms with Gasteiger partial charge in [0.05, 0.1) is 5.78 Å². The van der Waals surface area contributed by atoms with E-state index in [1.807, 2.05) is 27.7 Å². The third-order valence-electron chi connectivity index (χ3n) is 1.39. The average Bonchev–Trinajstić information content (AvgIpc) is 1.84. The molecule has 0 aromatic heterocycles. The highest BCUT2D eigenvalue weighted by atomic mass is 31.0. The van der Waals surface area contributed by atoms with Crippen molar-refractivity contribution >= 4 is 15.0 Å². The van der Waals surface area contributed by atoms with Gasteiger partial charge in [-0.1, -0.05) is 13.8 Å². The third kappa shape index (κ3) is 4.49. The van der Waals surface area contributed by atoms with Gasteiger partial charge in [-0.15, -0.1) is 9.24 Å². The van der Waals surface area contributed by atoms with E-state index in [9.17, 15) is 4.79 Å². The Morgan fingerprint density at radius 1 is 1.27 bits per heavy atom. The fourth-order valence-corrected chi connectivity index (χ4v) is 1.57. The molecule has 11 heavy (non-hydrogen) atoms. The minimum atomic E-state index is -0.0880. The Morgan fingerprint density at radius 3 is 2.00 bits per heavy atom. The summed E-state index contributed by atoms with van der Waals surface area (Å²) in [6.07, 6.45) is 0. The van der Waals surface area contributed by atoms with E-state index in [1.54, 1.807) is 0 Å². The second-order valence-electron chi connectivity index (χ2n) is 3.36. The van der Waals surface area contributed by atoms with E-state index >= 15 is 0 Å². The number of carbonyl (C=O) groups is 1. The molecule has 0 rings (SSSR count). The smallest absolute Gasteiger partial charge is 0.156 e. The van der Waals surface area contributed by atoms with Gasteiger partial charge in [0.15, 0.2) is 5.78 Å². The van der Waals surface area contributed by atoms with Gasteiger partial charge in [-0.3, -0.25) is 4.79 Å². The molecule has 2 nitrogen and oxygen atoms in total. The predicted octanol–water partition coefficient (Wildman–Crippen LogP) is 1.41. The lowest BCUT2D eigenvalue weighted by molar-refractivity contribution is -0.122. The van der Waals surface area contributed by atoms with E-state index in [4.69, 9.17) is 0 Å². The molecule has 0 aromatic carbocycles. The molecule has 0 fully saturated rings. The van der Waals surface area contributed by atoms with Crippen LogP contribution in [0.1, 0.15) is 27.7 Å². The lowest BCUT2D eigenvalue weighted by atomic mass is 10.1. The highest BCUT2D eigenvalue weighted by molar-refractivity contribution is 7.19. The lowest BCUT2D eigenvalue weighted by Gasteiger charge is -2.16. The van der Waals surface area contributed by atoms with Crippen molar-refractivity contribution in [1.29, 1.82) is 0 Å². The zero-order chi connectivity index (χ0) is 9.02. The summed E-state index contributed by atoms with van der Waals surface area (Å²) >= 11 is 0. The van der Waals surface area contributed by atoms with Gasteiger partial charge >= 0.3 is 0 Å². The van der Waals surface area contributed by atoms with Crippen LogP contribution in [0.15, 0.2) is 0 Å².